The molecule has 1 aromatic carbocycles. The molecule has 1 aromatic rings. The Balaban J connectivity index is 0.00000144. The molecule has 1 fully saturated rings. The molecule has 1 aliphatic rings. The van der Waals surface area contributed by atoms with E-state index in [0.717, 1.165) is 13.0 Å². The molecular formula is C13H18ClNO2. The van der Waals surface area contributed by atoms with Crippen molar-refractivity contribution in [3.8, 4) is 0 Å². The van der Waals surface area contributed by atoms with Crippen molar-refractivity contribution in [3.05, 3.63) is 35.9 Å². The van der Waals surface area contributed by atoms with E-state index in [1.54, 1.807) is 0 Å². The first-order valence-corrected chi connectivity index (χ1v) is 5.76. The fraction of sp³-hybridized carbons (Fsp3) is 0.462. The Kier molecular flexibility index (Phi) is 5.45. The maximum Gasteiger partial charge on any atom is 0.310 e. The molecule has 17 heavy (non-hydrogen) atoms. The van der Waals surface area contributed by atoms with Gasteiger partial charge in [0.25, 0.3) is 0 Å². The van der Waals surface area contributed by atoms with Gasteiger partial charge >= 0.3 is 5.97 Å². The van der Waals surface area contributed by atoms with Crippen LogP contribution in [-0.4, -0.2) is 19.1 Å². The summed E-state index contributed by atoms with van der Waals surface area (Å²) in [5.74, 6) is -0.0708. The van der Waals surface area contributed by atoms with Crippen molar-refractivity contribution in [3.63, 3.8) is 0 Å². The summed E-state index contributed by atoms with van der Waals surface area (Å²) in [6, 6.07) is 10.5. The topological polar surface area (TPSA) is 38.3 Å². The fourth-order valence-corrected chi connectivity index (χ4v) is 2.11. The van der Waals surface area contributed by atoms with E-state index >= 15 is 0 Å². The van der Waals surface area contributed by atoms with Gasteiger partial charge in [0, 0.05) is 12.6 Å². The van der Waals surface area contributed by atoms with E-state index < -0.39 is 0 Å². The normalized spacial score (nSPS) is 22.9. The number of halogens is 1. The summed E-state index contributed by atoms with van der Waals surface area (Å²) >= 11 is 0. The van der Waals surface area contributed by atoms with Gasteiger partial charge in [-0.05, 0) is 18.9 Å². The molecule has 0 bridgehead atoms. The number of carbonyl (C=O) groups excluding carboxylic acids is 1. The average molecular weight is 256 g/mol. The lowest BCUT2D eigenvalue weighted by molar-refractivity contribution is -0.147. The van der Waals surface area contributed by atoms with Crippen molar-refractivity contribution in [1.29, 1.82) is 0 Å². The molecule has 2 atom stereocenters. The molecule has 0 spiro atoms. The van der Waals surface area contributed by atoms with E-state index in [-0.39, 0.29) is 30.3 Å². The lowest BCUT2D eigenvalue weighted by Crippen LogP contribution is -2.20. The van der Waals surface area contributed by atoms with Gasteiger partial charge in [-0.25, -0.2) is 0 Å². The molecule has 4 heteroatoms. The summed E-state index contributed by atoms with van der Waals surface area (Å²) in [6.45, 7) is 3.03. The van der Waals surface area contributed by atoms with E-state index in [2.05, 4.69) is 17.4 Å². The summed E-state index contributed by atoms with van der Waals surface area (Å²) in [5, 5.41) is 3.36. The molecule has 0 aliphatic carbocycles. The third kappa shape index (κ3) is 3.45. The highest BCUT2D eigenvalue weighted by Crippen LogP contribution is 2.27. The van der Waals surface area contributed by atoms with Gasteiger partial charge in [-0.2, -0.15) is 0 Å². The van der Waals surface area contributed by atoms with Crippen molar-refractivity contribution in [2.75, 3.05) is 13.2 Å². The van der Waals surface area contributed by atoms with Gasteiger partial charge in [0.1, 0.15) is 0 Å². The Hall–Kier alpha value is -1.06. The van der Waals surface area contributed by atoms with Crippen LogP contribution in [0, 0.1) is 5.92 Å². The van der Waals surface area contributed by atoms with Crippen LogP contribution in [-0.2, 0) is 9.53 Å². The zero-order valence-electron chi connectivity index (χ0n) is 9.89. The Bertz CT molecular complexity index is 356. The Morgan fingerprint density at radius 3 is 2.76 bits per heavy atom. The average Bonchev–Trinajstić information content (AvgIpc) is 2.80. The molecule has 1 heterocycles. The highest BCUT2D eigenvalue weighted by Gasteiger charge is 2.30. The summed E-state index contributed by atoms with van der Waals surface area (Å²) < 4.78 is 5.03. The maximum absolute atomic E-state index is 11.6. The third-order valence-electron chi connectivity index (χ3n) is 2.95. The summed E-state index contributed by atoms with van der Waals surface area (Å²) in [4.78, 5) is 11.6. The van der Waals surface area contributed by atoms with Gasteiger partial charge in [-0.1, -0.05) is 30.3 Å². The van der Waals surface area contributed by atoms with Crippen LogP contribution < -0.4 is 5.32 Å². The smallest absolute Gasteiger partial charge is 0.310 e. The van der Waals surface area contributed by atoms with Crippen LogP contribution >= 0.6 is 12.4 Å². The summed E-state index contributed by atoms with van der Waals surface area (Å²) in [7, 11) is 0. The Morgan fingerprint density at radius 2 is 2.12 bits per heavy atom. The lowest BCUT2D eigenvalue weighted by Gasteiger charge is -2.10. The van der Waals surface area contributed by atoms with Crippen molar-refractivity contribution in [1.82, 2.24) is 5.32 Å². The minimum absolute atomic E-state index is 0. The number of benzene rings is 1. The van der Waals surface area contributed by atoms with E-state index in [4.69, 9.17) is 4.74 Å². The number of rotatable bonds is 3. The molecular weight excluding hydrogens is 238 g/mol. The van der Waals surface area contributed by atoms with Crippen molar-refractivity contribution in [2.45, 2.75) is 19.4 Å². The van der Waals surface area contributed by atoms with Crippen LogP contribution in [0.1, 0.15) is 24.9 Å². The van der Waals surface area contributed by atoms with E-state index in [1.807, 2.05) is 25.1 Å². The first-order chi connectivity index (χ1) is 7.81. The molecule has 0 radical (unpaired) electrons. The number of hydrogen-bond acceptors (Lipinski definition) is 3. The van der Waals surface area contributed by atoms with Crippen LogP contribution in [0.15, 0.2) is 30.3 Å². The number of ether oxygens (including phenoxy) is 1. The predicted octanol–water partition coefficient (Wildman–Crippen LogP) is 2.32. The van der Waals surface area contributed by atoms with Crippen LogP contribution in [0.3, 0.4) is 0 Å². The van der Waals surface area contributed by atoms with Gasteiger partial charge in [0.05, 0.1) is 12.5 Å². The summed E-state index contributed by atoms with van der Waals surface area (Å²) in [5.41, 5.74) is 1.24. The fourth-order valence-electron chi connectivity index (χ4n) is 2.11. The SMILES string of the molecule is CCOC(=O)C1CNC(c2ccccc2)C1.Cl. The first kappa shape index (κ1) is 14.0. The van der Waals surface area contributed by atoms with E-state index in [0.29, 0.717) is 6.61 Å². The molecule has 1 aliphatic heterocycles. The molecule has 1 N–H and O–H groups in total. The molecule has 2 unspecified atom stereocenters. The second kappa shape index (κ2) is 6.62. The van der Waals surface area contributed by atoms with Crippen molar-refractivity contribution >= 4 is 18.4 Å². The van der Waals surface area contributed by atoms with E-state index in [1.165, 1.54) is 5.56 Å². The van der Waals surface area contributed by atoms with Crippen LogP contribution in [0.5, 0.6) is 0 Å². The minimum atomic E-state index is -0.0755. The van der Waals surface area contributed by atoms with Crippen LogP contribution in [0.25, 0.3) is 0 Å². The molecule has 0 amide bonds. The highest BCUT2D eigenvalue weighted by atomic mass is 35.5. The zero-order valence-corrected chi connectivity index (χ0v) is 10.7. The number of hydrogen-bond donors (Lipinski definition) is 1. The van der Waals surface area contributed by atoms with Crippen molar-refractivity contribution in [2.24, 2.45) is 5.92 Å². The van der Waals surface area contributed by atoms with Gasteiger partial charge in [-0.15, -0.1) is 12.4 Å². The molecule has 1 saturated heterocycles. The zero-order chi connectivity index (χ0) is 11.4. The molecule has 0 saturated carbocycles. The molecule has 0 aromatic heterocycles. The van der Waals surface area contributed by atoms with Gasteiger partial charge in [-0.3, -0.25) is 4.79 Å². The van der Waals surface area contributed by atoms with Gasteiger partial charge < -0.3 is 10.1 Å². The second-order valence-corrected chi connectivity index (χ2v) is 4.06. The predicted molar refractivity (Wildman–Crippen MR) is 69.2 cm³/mol. The summed E-state index contributed by atoms with van der Waals surface area (Å²) in [6.07, 6.45) is 0.836. The minimum Gasteiger partial charge on any atom is -0.466 e. The number of carbonyl (C=O) groups is 1. The quantitative estimate of drug-likeness (QED) is 0.843. The Morgan fingerprint density at radius 1 is 1.41 bits per heavy atom. The van der Waals surface area contributed by atoms with Crippen LogP contribution in [0.2, 0.25) is 0 Å². The maximum atomic E-state index is 11.6. The largest absolute Gasteiger partial charge is 0.466 e. The second-order valence-electron chi connectivity index (χ2n) is 4.06. The standard InChI is InChI=1S/C13H17NO2.ClH/c1-2-16-13(15)11-8-12(14-9-11)10-6-4-3-5-7-10;/h3-7,11-12,14H,2,8-9H2,1H3;1H. The van der Waals surface area contributed by atoms with Gasteiger partial charge in [0.2, 0.25) is 0 Å². The monoisotopic (exact) mass is 255 g/mol. The number of esters is 1. The van der Waals surface area contributed by atoms with Crippen LogP contribution in [0.4, 0.5) is 0 Å². The lowest BCUT2D eigenvalue weighted by atomic mass is 10.0. The molecule has 3 nitrogen and oxygen atoms in total. The Labute approximate surface area is 108 Å². The molecule has 94 valence electrons. The highest BCUT2D eigenvalue weighted by molar-refractivity contribution is 5.85. The van der Waals surface area contributed by atoms with Crippen molar-refractivity contribution < 1.29 is 9.53 Å². The number of nitrogens with one attached hydrogen (secondary N) is 1. The van der Waals surface area contributed by atoms with Gasteiger partial charge in [0.15, 0.2) is 0 Å². The molecule has 2 rings (SSSR count). The third-order valence-corrected chi connectivity index (χ3v) is 2.95. The first-order valence-electron chi connectivity index (χ1n) is 5.76. The van der Waals surface area contributed by atoms with E-state index in [9.17, 15) is 4.79 Å².